The Bertz CT molecular complexity index is 1670. The molecule has 0 bridgehead atoms. The summed E-state index contributed by atoms with van der Waals surface area (Å²) in [6, 6.07) is 28.8. The number of amides is 2. The van der Waals surface area contributed by atoms with Crippen molar-refractivity contribution in [3.05, 3.63) is 120 Å². The topological polar surface area (TPSA) is 117 Å². The second-order valence-corrected chi connectivity index (χ2v) is 11.0. The van der Waals surface area contributed by atoms with Crippen molar-refractivity contribution in [2.45, 2.75) is 25.3 Å². The number of sulfonamides is 1. The molecule has 4 aromatic carbocycles. The number of carbonyl (C=O) groups is 2. The van der Waals surface area contributed by atoms with Crippen molar-refractivity contribution >= 4 is 38.9 Å². The van der Waals surface area contributed by atoms with Crippen LogP contribution in [0.1, 0.15) is 35.3 Å². The summed E-state index contributed by atoms with van der Waals surface area (Å²) in [6.45, 7) is 3.13. The molecule has 0 unspecified atom stereocenters. The zero-order chi connectivity index (χ0) is 29.4. The third-order valence-corrected chi connectivity index (χ3v) is 7.93. The number of hydrogen-bond acceptors (Lipinski definition) is 6. The molecule has 9 nitrogen and oxygen atoms in total. The van der Waals surface area contributed by atoms with Crippen molar-refractivity contribution < 1.29 is 22.7 Å². The maximum Gasteiger partial charge on any atom is 0.273 e. The average Bonchev–Trinajstić information content (AvgIpc) is 2.98. The first-order chi connectivity index (χ1) is 19.7. The van der Waals surface area contributed by atoms with Gasteiger partial charge in [-0.15, -0.1) is 0 Å². The molecule has 0 saturated carbocycles. The molecule has 0 spiro atoms. The molecule has 210 valence electrons. The standard InChI is InChI=1S/C31H30N4O5S/c1-22(25-12-9-13-26(20-25)32-23(2)36)33-34-31(37)29-14-7-8-15-30(29)35(21-24-10-5-4-6-11-24)41(38,39)28-18-16-27(40-3)17-19-28/h4-20H,21H2,1-3H3,(H,32,36)(H,34,37)/b33-22-. The summed E-state index contributed by atoms with van der Waals surface area (Å²) in [5, 5.41) is 6.95. The molecule has 0 atom stereocenters. The fraction of sp³-hybridized carbons (Fsp3) is 0.129. The van der Waals surface area contributed by atoms with Gasteiger partial charge >= 0.3 is 0 Å². The Morgan fingerprint density at radius 2 is 1.54 bits per heavy atom. The van der Waals surface area contributed by atoms with Crippen LogP contribution in [0, 0.1) is 0 Å². The summed E-state index contributed by atoms with van der Waals surface area (Å²) in [7, 11) is -2.59. The minimum Gasteiger partial charge on any atom is -0.497 e. The average molecular weight is 571 g/mol. The third-order valence-electron chi connectivity index (χ3n) is 6.16. The number of nitrogens with one attached hydrogen (secondary N) is 2. The highest BCUT2D eigenvalue weighted by Crippen LogP contribution is 2.30. The number of para-hydroxylation sites is 1. The fourth-order valence-electron chi connectivity index (χ4n) is 4.09. The van der Waals surface area contributed by atoms with E-state index >= 15 is 0 Å². The van der Waals surface area contributed by atoms with E-state index in [-0.39, 0.29) is 28.6 Å². The van der Waals surface area contributed by atoms with Gasteiger partial charge in [0.1, 0.15) is 5.75 Å². The van der Waals surface area contributed by atoms with Crippen LogP contribution in [0.25, 0.3) is 0 Å². The Hall–Kier alpha value is -4.96. The Labute approximate surface area is 239 Å². The molecule has 0 saturated heterocycles. The number of benzene rings is 4. The Morgan fingerprint density at radius 3 is 2.22 bits per heavy atom. The molecule has 0 aliphatic rings. The number of carbonyl (C=O) groups excluding carboxylic acids is 2. The summed E-state index contributed by atoms with van der Waals surface area (Å²) >= 11 is 0. The molecule has 0 aliphatic heterocycles. The van der Waals surface area contributed by atoms with E-state index in [0.29, 0.717) is 22.7 Å². The van der Waals surface area contributed by atoms with Crippen LogP contribution in [0.5, 0.6) is 5.75 Å². The van der Waals surface area contributed by atoms with Crippen LogP contribution in [0.15, 0.2) is 113 Å². The molecule has 10 heteroatoms. The highest BCUT2D eigenvalue weighted by Gasteiger charge is 2.28. The molecule has 0 aromatic heterocycles. The molecule has 0 radical (unpaired) electrons. The summed E-state index contributed by atoms with van der Waals surface area (Å²) in [5.74, 6) is -0.263. The molecule has 0 heterocycles. The normalized spacial score (nSPS) is 11.4. The van der Waals surface area contributed by atoms with Gasteiger partial charge < -0.3 is 10.1 Å². The number of methoxy groups -OCH3 is 1. The molecule has 4 aromatic rings. The Balaban J connectivity index is 1.69. The summed E-state index contributed by atoms with van der Waals surface area (Å²) in [5.41, 5.74) is 5.40. The number of hydrogen-bond donors (Lipinski definition) is 2. The van der Waals surface area contributed by atoms with Crippen LogP contribution in [0.4, 0.5) is 11.4 Å². The highest BCUT2D eigenvalue weighted by molar-refractivity contribution is 7.92. The van der Waals surface area contributed by atoms with E-state index in [0.717, 1.165) is 5.56 Å². The molecule has 4 rings (SSSR count). The SMILES string of the molecule is COc1ccc(S(=O)(=O)N(Cc2ccccc2)c2ccccc2C(=O)N/N=C(/C)c2cccc(NC(C)=O)c2)cc1. The van der Waals surface area contributed by atoms with Gasteiger partial charge in [0.2, 0.25) is 5.91 Å². The lowest BCUT2D eigenvalue weighted by atomic mass is 10.1. The van der Waals surface area contributed by atoms with E-state index in [1.807, 2.05) is 30.3 Å². The number of ether oxygens (including phenoxy) is 1. The monoisotopic (exact) mass is 570 g/mol. The molecule has 2 amide bonds. The van der Waals surface area contributed by atoms with Gasteiger partial charge in [0, 0.05) is 12.6 Å². The number of rotatable bonds is 10. The van der Waals surface area contributed by atoms with Crippen LogP contribution in [-0.2, 0) is 21.4 Å². The minimum absolute atomic E-state index is 0.00225. The van der Waals surface area contributed by atoms with E-state index in [4.69, 9.17) is 4.74 Å². The second-order valence-electron chi connectivity index (χ2n) is 9.09. The third kappa shape index (κ3) is 7.17. The second kappa shape index (κ2) is 12.9. The lowest BCUT2D eigenvalue weighted by molar-refractivity contribution is -0.114. The smallest absolute Gasteiger partial charge is 0.273 e. The zero-order valence-electron chi connectivity index (χ0n) is 22.9. The summed E-state index contributed by atoms with van der Waals surface area (Å²) in [4.78, 5) is 24.9. The molecular weight excluding hydrogens is 540 g/mol. The maximum atomic E-state index is 14.0. The zero-order valence-corrected chi connectivity index (χ0v) is 23.7. The molecule has 0 aliphatic carbocycles. The van der Waals surface area contributed by atoms with Crippen LogP contribution in [0.2, 0.25) is 0 Å². The first-order valence-corrected chi connectivity index (χ1v) is 14.2. The summed E-state index contributed by atoms with van der Waals surface area (Å²) in [6.07, 6.45) is 0. The van der Waals surface area contributed by atoms with Crippen molar-refractivity contribution in [2.24, 2.45) is 5.10 Å². The largest absolute Gasteiger partial charge is 0.497 e. The van der Waals surface area contributed by atoms with Gasteiger partial charge in [-0.25, -0.2) is 13.8 Å². The molecular formula is C31H30N4O5S. The van der Waals surface area contributed by atoms with Gasteiger partial charge in [-0.2, -0.15) is 5.10 Å². The van der Waals surface area contributed by atoms with Crippen molar-refractivity contribution in [2.75, 3.05) is 16.7 Å². The van der Waals surface area contributed by atoms with Crippen molar-refractivity contribution in [1.82, 2.24) is 5.43 Å². The predicted molar refractivity (Wildman–Crippen MR) is 160 cm³/mol. The Kier molecular flexibility index (Phi) is 9.15. The molecule has 41 heavy (non-hydrogen) atoms. The van der Waals surface area contributed by atoms with Crippen LogP contribution >= 0.6 is 0 Å². The first kappa shape index (κ1) is 29.0. The van der Waals surface area contributed by atoms with Crippen molar-refractivity contribution in [3.8, 4) is 5.75 Å². The van der Waals surface area contributed by atoms with E-state index in [1.54, 1.807) is 67.6 Å². The van der Waals surface area contributed by atoms with Crippen LogP contribution < -0.4 is 19.8 Å². The summed E-state index contributed by atoms with van der Waals surface area (Å²) < 4.78 is 34.3. The highest BCUT2D eigenvalue weighted by atomic mass is 32.2. The van der Waals surface area contributed by atoms with Gasteiger partial charge in [0.05, 0.1) is 35.5 Å². The predicted octanol–water partition coefficient (Wildman–Crippen LogP) is 5.20. The Morgan fingerprint density at radius 1 is 0.854 bits per heavy atom. The van der Waals surface area contributed by atoms with E-state index < -0.39 is 15.9 Å². The maximum absolute atomic E-state index is 14.0. The lowest BCUT2D eigenvalue weighted by Gasteiger charge is -2.26. The minimum atomic E-state index is -4.09. The molecule has 2 N–H and O–H groups in total. The van der Waals surface area contributed by atoms with Gasteiger partial charge in [-0.3, -0.25) is 13.9 Å². The number of anilines is 2. The van der Waals surface area contributed by atoms with Crippen molar-refractivity contribution in [1.29, 1.82) is 0 Å². The fourth-order valence-corrected chi connectivity index (χ4v) is 5.56. The van der Waals surface area contributed by atoms with Crippen LogP contribution in [0.3, 0.4) is 0 Å². The van der Waals surface area contributed by atoms with E-state index in [1.165, 1.54) is 30.5 Å². The van der Waals surface area contributed by atoms with Gasteiger partial charge in [0.15, 0.2) is 0 Å². The van der Waals surface area contributed by atoms with E-state index in [2.05, 4.69) is 15.8 Å². The van der Waals surface area contributed by atoms with E-state index in [9.17, 15) is 18.0 Å². The first-order valence-electron chi connectivity index (χ1n) is 12.7. The number of hydrazone groups is 1. The number of nitrogens with zero attached hydrogens (tertiary/aromatic N) is 2. The van der Waals surface area contributed by atoms with Gasteiger partial charge in [-0.05, 0) is 66.6 Å². The molecule has 0 fully saturated rings. The van der Waals surface area contributed by atoms with Crippen LogP contribution in [-0.4, -0.2) is 33.1 Å². The van der Waals surface area contributed by atoms with Gasteiger partial charge in [-0.1, -0.05) is 54.6 Å². The van der Waals surface area contributed by atoms with Crippen molar-refractivity contribution in [3.63, 3.8) is 0 Å². The van der Waals surface area contributed by atoms with Gasteiger partial charge in [0.25, 0.3) is 15.9 Å². The lowest BCUT2D eigenvalue weighted by Crippen LogP contribution is -2.33. The quantitative estimate of drug-likeness (QED) is 0.201.